The Bertz CT molecular complexity index is 2110. The lowest BCUT2D eigenvalue weighted by molar-refractivity contribution is -0.944. The number of nitrogens with zero attached hydrogens (tertiary/aromatic N) is 4. The van der Waals surface area contributed by atoms with Crippen molar-refractivity contribution < 1.29 is 68.4 Å². The van der Waals surface area contributed by atoms with Crippen LogP contribution in [0.5, 0.6) is 11.5 Å². The van der Waals surface area contributed by atoms with Gasteiger partial charge in [-0.1, -0.05) is 16.8 Å². The van der Waals surface area contributed by atoms with Gasteiger partial charge < -0.3 is 51.2 Å². The highest BCUT2D eigenvalue weighted by Crippen LogP contribution is 2.48. The molecule has 3 amide bonds. The zero-order valence-electron chi connectivity index (χ0n) is 30.1. The first kappa shape index (κ1) is 41.2. The number of hydrogen-bond donors (Lipinski definition) is 8. The fraction of sp³-hybridized carbons (Fsp3) is 0.441. The van der Waals surface area contributed by atoms with E-state index in [0.717, 1.165) is 41.2 Å². The number of aromatic hydroxyl groups is 2. The predicted molar refractivity (Wildman–Crippen MR) is 200 cm³/mol. The van der Waals surface area contributed by atoms with Crippen molar-refractivity contribution in [2.75, 3.05) is 19.3 Å². The lowest BCUT2D eigenvalue weighted by atomic mass is 9.92. The molecule has 0 aliphatic carbocycles. The molecule has 304 valence electrons. The number of thiazole rings is 1. The van der Waals surface area contributed by atoms with E-state index in [1.54, 1.807) is 6.92 Å². The Balaban J connectivity index is 1.16. The Morgan fingerprint density at radius 3 is 2.32 bits per heavy atom. The average Bonchev–Trinajstić information content (AvgIpc) is 3.61. The zero-order valence-corrected chi connectivity index (χ0v) is 32.5. The van der Waals surface area contributed by atoms with E-state index in [0.29, 0.717) is 22.9 Å². The number of aliphatic carboxylic acids is 3. The topological polar surface area (TPSA) is 308 Å². The molecule has 3 fully saturated rings. The normalized spacial score (nSPS) is 27.2. The second-order valence-corrected chi connectivity index (χ2v) is 17.0. The number of hydrogen-bond acceptors (Lipinski definition) is 15. The number of rotatable bonds is 14. The second kappa shape index (κ2) is 15.8. The molecule has 8 atom stereocenters. The van der Waals surface area contributed by atoms with Crippen molar-refractivity contribution in [3.05, 3.63) is 45.1 Å². The van der Waals surface area contributed by atoms with Crippen molar-refractivity contribution in [3.8, 4) is 11.5 Å². The van der Waals surface area contributed by atoms with Crippen molar-refractivity contribution >= 4 is 87.0 Å². The standard InChI is InChI=1S/C34H36ClN7O13S2/c1-12-17(10-42(2)15-3-4-16(42)8-14(7-15)37-29(49)26(46)13-5-18(35)27(47)20(43)6-13)25(33(53)54)41-30(50)24(31(41)57-12)39-28(48)23(19-11-56-34(36)38-19)40-55-21(32(51)52)9-22(44)45/h5-6,11-12,14-16,21,24,31H,3-4,7-10H2,1-2H3,(H8-,36,37,38,39,40,43,44,45,46,47,48,49,51,52,53,54)/p+1/t12-,14-,15+,16-,21-,24+,31+,42+/m0/s1. The number of carbonyl (C=O) groups is 7. The van der Waals surface area contributed by atoms with Crippen molar-refractivity contribution in [2.45, 2.75) is 79.9 Å². The molecular formula is C34H37ClN7O13S2+. The number of oxime groups is 1. The third kappa shape index (κ3) is 7.93. The molecule has 23 heteroatoms. The van der Waals surface area contributed by atoms with Gasteiger partial charge in [-0.15, -0.1) is 23.1 Å². The largest absolute Gasteiger partial charge is 0.504 e. The monoisotopic (exact) mass is 850 g/mol. The van der Waals surface area contributed by atoms with Crippen LogP contribution in [-0.2, 0) is 33.6 Å². The van der Waals surface area contributed by atoms with Gasteiger partial charge in [-0.2, -0.15) is 0 Å². The van der Waals surface area contributed by atoms with Crippen LogP contribution in [0, 0.1) is 0 Å². The van der Waals surface area contributed by atoms with Crippen LogP contribution < -0.4 is 16.4 Å². The number of benzene rings is 1. The molecule has 9 N–H and O–H groups in total. The van der Waals surface area contributed by atoms with Crippen molar-refractivity contribution in [1.29, 1.82) is 0 Å². The van der Waals surface area contributed by atoms with Gasteiger partial charge in [-0.3, -0.25) is 28.9 Å². The zero-order chi connectivity index (χ0) is 41.7. The van der Waals surface area contributed by atoms with E-state index in [1.807, 2.05) is 7.05 Å². The minimum absolute atomic E-state index is 0.0179. The van der Waals surface area contributed by atoms with Crippen LogP contribution in [0.4, 0.5) is 5.13 Å². The van der Waals surface area contributed by atoms with E-state index in [1.165, 1.54) is 17.1 Å². The number of thioether (sulfide) groups is 1. The van der Waals surface area contributed by atoms with Crippen LogP contribution in [0.3, 0.4) is 0 Å². The molecular weight excluding hydrogens is 814 g/mol. The van der Waals surface area contributed by atoms with Gasteiger partial charge in [0.05, 0.1) is 30.6 Å². The lowest BCUT2D eigenvalue weighted by Gasteiger charge is -2.53. The summed E-state index contributed by atoms with van der Waals surface area (Å²) < 4.78 is 0.432. The number of ketones is 1. The van der Waals surface area contributed by atoms with Gasteiger partial charge in [0.25, 0.3) is 17.7 Å². The first-order chi connectivity index (χ1) is 26.8. The fourth-order valence-electron chi connectivity index (χ4n) is 7.90. The van der Waals surface area contributed by atoms with E-state index < -0.39 is 87.8 Å². The molecule has 5 heterocycles. The molecule has 57 heavy (non-hydrogen) atoms. The molecule has 20 nitrogen and oxygen atoms in total. The molecule has 6 rings (SSSR count). The predicted octanol–water partition coefficient (Wildman–Crippen LogP) is 0.705. The summed E-state index contributed by atoms with van der Waals surface area (Å²) in [6, 6.07) is 0.347. The highest BCUT2D eigenvalue weighted by molar-refractivity contribution is 8.00. The highest BCUT2D eigenvalue weighted by Gasteiger charge is 2.58. The maximum Gasteiger partial charge on any atom is 0.352 e. The smallest absolute Gasteiger partial charge is 0.352 e. The Labute approximate surface area is 335 Å². The molecule has 1 aromatic heterocycles. The average molecular weight is 851 g/mol. The summed E-state index contributed by atoms with van der Waals surface area (Å²) in [6.07, 6.45) is -0.450. The first-order valence-corrected chi connectivity index (χ1v) is 19.6. The van der Waals surface area contributed by atoms with Gasteiger partial charge in [-0.25, -0.2) is 14.6 Å². The van der Waals surface area contributed by atoms with Crippen molar-refractivity contribution in [1.82, 2.24) is 20.5 Å². The van der Waals surface area contributed by atoms with E-state index in [2.05, 4.69) is 20.8 Å². The number of quaternary nitrogens is 1. The number of phenolic OH excluding ortho intramolecular Hbond substituents is 2. The number of carboxylic acid groups (broad SMARTS) is 3. The molecule has 0 unspecified atom stereocenters. The quantitative estimate of drug-likeness (QED) is 0.0247. The molecule has 2 aromatic rings. The summed E-state index contributed by atoms with van der Waals surface area (Å²) >= 11 is 8.05. The molecule has 3 saturated heterocycles. The third-order valence-electron chi connectivity index (χ3n) is 10.8. The van der Waals surface area contributed by atoms with E-state index in [-0.39, 0.29) is 51.8 Å². The number of piperidine rings is 1. The summed E-state index contributed by atoms with van der Waals surface area (Å²) in [4.78, 5) is 98.5. The Hall–Kier alpha value is -5.45. The summed E-state index contributed by atoms with van der Waals surface area (Å²) in [6.45, 7) is 2.07. The number of fused-ring (bicyclic) bond motifs is 3. The highest BCUT2D eigenvalue weighted by atomic mass is 35.5. The molecule has 4 aliphatic rings. The van der Waals surface area contributed by atoms with Crippen LogP contribution in [0.1, 0.15) is 55.1 Å². The number of likely N-dealkylation sites (N-methyl/N-ethyl adjacent to an activating group) is 1. The lowest BCUT2D eigenvalue weighted by Crippen LogP contribution is -2.72. The Kier molecular flexibility index (Phi) is 11.4. The molecule has 0 saturated carbocycles. The summed E-state index contributed by atoms with van der Waals surface area (Å²) in [5, 5.41) is 57.1. The fourth-order valence-corrected chi connectivity index (χ4v) is 10.1. The second-order valence-electron chi connectivity index (χ2n) is 14.2. The molecule has 2 bridgehead atoms. The number of nitrogens with two attached hydrogens (primary N) is 1. The van der Waals surface area contributed by atoms with Crippen LogP contribution in [0.2, 0.25) is 5.02 Å². The number of nitrogen functional groups attached to an aromatic ring is 1. The minimum atomic E-state index is -1.96. The number of aromatic nitrogens is 1. The number of carbonyl (C=O) groups excluding carboxylic acids is 4. The van der Waals surface area contributed by atoms with E-state index >= 15 is 0 Å². The Morgan fingerprint density at radius 2 is 1.75 bits per heavy atom. The van der Waals surface area contributed by atoms with Crippen molar-refractivity contribution in [3.63, 3.8) is 0 Å². The van der Waals surface area contributed by atoms with Gasteiger partial charge in [0.1, 0.15) is 29.4 Å². The Morgan fingerprint density at radius 1 is 1.09 bits per heavy atom. The maximum absolute atomic E-state index is 13.7. The van der Waals surface area contributed by atoms with Crippen LogP contribution in [0.25, 0.3) is 0 Å². The molecule has 1 aromatic carbocycles. The van der Waals surface area contributed by atoms with E-state index in [4.69, 9.17) is 27.3 Å². The number of phenols is 2. The first-order valence-electron chi connectivity index (χ1n) is 17.4. The maximum atomic E-state index is 13.7. The molecule has 0 radical (unpaired) electrons. The summed E-state index contributed by atoms with van der Waals surface area (Å²) in [5.74, 6) is -9.37. The molecule has 4 aliphatic heterocycles. The number of carboxylic acids is 3. The number of anilines is 1. The van der Waals surface area contributed by atoms with Crippen molar-refractivity contribution in [2.24, 2.45) is 5.16 Å². The van der Waals surface area contributed by atoms with Crippen LogP contribution in [-0.4, -0.2) is 142 Å². The number of amides is 3. The van der Waals surface area contributed by atoms with Crippen LogP contribution in [0.15, 0.2) is 33.9 Å². The van der Waals surface area contributed by atoms with Crippen LogP contribution >= 0.6 is 34.7 Å². The molecule has 0 spiro atoms. The SMILES string of the molecule is C[C@@H]1S[C@@H]2[C@H](NC(=O)/C(=N\O[C@@H](CC(=O)O)C(=O)O)c3csc(N)n3)C(=O)N2C(C(=O)O)=C1C[N@+]1(C)[C@@H]2CC[C@H]1C[C@@H](NC(=O)C(=O)c1cc(O)c(O)c(Cl)c1)C2. The number of Topliss-reactive ketones (excluding diaryl/α,β-unsaturated/α-hetero) is 1. The summed E-state index contributed by atoms with van der Waals surface area (Å²) in [7, 11) is 2.00. The van der Waals surface area contributed by atoms with Gasteiger partial charge in [0.15, 0.2) is 22.3 Å². The van der Waals surface area contributed by atoms with Gasteiger partial charge in [0.2, 0.25) is 11.9 Å². The van der Waals surface area contributed by atoms with Gasteiger partial charge in [0, 0.05) is 53.5 Å². The van der Waals surface area contributed by atoms with E-state index in [9.17, 15) is 54.0 Å². The minimum Gasteiger partial charge on any atom is -0.504 e. The number of halogens is 1. The number of β-lactam (4-membered cyclic amide) rings is 1. The number of nitrogens with one attached hydrogen (secondary N) is 2. The third-order valence-corrected chi connectivity index (χ3v) is 13.2. The van der Waals surface area contributed by atoms with Gasteiger partial charge in [-0.05, 0) is 19.1 Å². The van der Waals surface area contributed by atoms with Gasteiger partial charge >= 0.3 is 17.9 Å². The summed E-state index contributed by atoms with van der Waals surface area (Å²) in [5.41, 5.74) is 5.09.